The highest BCUT2D eigenvalue weighted by atomic mass is 79.9. The van der Waals surface area contributed by atoms with Crippen LogP contribution >= 0.6 is 15.9 Å². The molecule has 0 aliphatic rings. The van der Waals surface area contributed by atoms with Crippen LogP contribution in [-0.4, -0.2) is 19.6 Å². The summed E-state index contributed by atoms with van der Waals surface area (Å²) in [5.41, 5.74) is 1.90. The minimum Gasteiger partial charge on any atom is -0.341 e. The van der Waals surface area contributed by atoms with Crippen LogP contribution in [0.25, 0.3) is 5.78 Å². The average molecular weight is 304 g/mol. The Labute approximate surface area is 112 Å². The standard InChI is InChI=1S/C12H10BrN5/c1-8-6-11(18-7-14-17-12(18)15-8)16-10-4-2-9(13)3-5-10/h2-7,16H,1H3. The summed E-state index contributed by atoms with van der Waals surface area (Å²) in [5, 5.41) is 11.1. The van der Waals surface area contributed by atoms with E-state index in [1.807, 2.05) is 41.7 Å². The van der Waals surface area contributed by atoms with Crippen molar-refractivity contribution in [2.24, 2.45) is 0 Å². The fourth-order valence-electron chi connectivity index (χ4n) is 1.71. The van der Waals surface area contributed by atoms with Crippen molar-refractivity contribution in [3.05, 3.63) is 46.8 Å². The van der Waals surface area contributed by atoms with E-state index in [4.69, 9.17) is 0 Å². The molecule has 0 radical (unpaired) electrons. The number of halogens is 1. The number of nitrogens with one attached hydrogen (secondary N) is 1. The van der Waals surface area contributed by atoms with Gasteiger partial charge in [0.1, 0.15) is 12.1 Å². The Bertz CT molecular complexity index is 689. The van der Waals surface area contributed by atoms with Crippen LogP contribution in [0.3, 0.4) is 0 Å². The van der Waals surface area contributed by atoms with Crippen LogP contribution in [0.5, 0.6) is 0 Å². The minimum absolute atomic E-state index is 0.592. The highest BCUT2D eigenvalue weighted by molar-refractivity contribution is 9.10. The molecule has 1 N–H and O–H groups in total. The smallest absolute Gasteiger partial charge is 0.256 e. The minimum atomic E-state index is 0.592. The molecule has 2 heterocycles. The fraction of sp³-hybridized carbons (Fsp3) is 0.0833. The van der Waals surface area contributed by atoms with E-state index in [9.17, 15) is 0 Å². The molecular formula is C12H10BrN5. The highest BCUT2D eigenvalue weighted by Crippen LogP contribution is 2.20. The molecule has 3 aromatic rings. The third kappa shape index (κ3) is 2.06. The number of aryl methyl sites for hydroxylation is 1. The van der Waals surface area contributed by atoms with Gasteiger partial charge in [-0.15, -0.1) is 10.2 Å². The lowest BCUT2D eigenvalue weighted by atomic mass is 10.3. The quantitative estimate of drug-likeness (QED) is 0.791. The van der Waals surface area contributed by atoms with Crippen LogP contribution in [0.15, 0.2) is 41.1 Å². The summed E-state index contributed by atoms with van der Waals surface area (Å²) < 4.78 is 2.86. The zero-order valence-corrected chi connectivity index (χ0v) is 11.2. The van der Waals surface area contributed by atoms with Crippen molar-refractivity contribution >= 4 is 33.2 Å². The van der Waals surface area contributed by atoms with E-state index in [1.54, 1.807) is 6.33 Å². The number of aromatic nitrogens is 4. The van der Waals surface area contributed by atoms with Crippen molar-refractivity contribution in [2.45, 2.75) is 6.92 Å². The molecule has 0 unspecified atom stereocenters. The summed E-state index contributed by atoms with van der Waals surface area (Å²) in [5.74, 6) is 1.49. The molecule has 2 aromatic heterocycles. The summed E-state index contributed by atoms with van der Waals surface area (Å²) in [7, 11) is 0. The Morgan fingerprint density at radius 1 is 1.22 bits per heavy atom. The molecule has 6 heteroatoms. The van der Waals surface area contributed by atoms with Gasteiger partial charge in [0, 0.05) is 21.9 Å². The monoisotopic (exact) mass is 303 g/mol. The van der Waals surface area contributed by atoms with E-state index < -0.39 is 0 Å². The number of hydrogen-bond donors (Lipinski definition) is 1. The van der Waals surface area contributed by atoms with Crippen LogP contribution in [0.4, 0.5) is 11.5 Å². The van der Waals surface area contributed by atoms with Crippen molar-refractivity contribution in [2.75, 3.05) is 5.32 Å². The first-order chi connectivity index (χ1) is 8.72. The lowest BCUT2D eigenvalue weighted by Crippen LogP contribution is -2.00. The van der Waals surface area contributed by atoms with Gasteiger partial charge in [-0.2, -0.15) is 0 Å². The summed E-state index contributed by atoms with van der Waals surface area (Å²) in [6.07, 6.45) is 1.64. The lowest BCUT2D eigenvalue weighted by Gasteiger charge is -2.09. The average Bonchev–Trinajstić information content (AvgIpc) is 2.80. The largest absolute Gasteiger partial charge is 0.341 e. The molecule has 0 saturated heterocycles. The second-order valence-electron chi connectivity index (χ2n) is 3.92. The summed E-state index contributed by atoms with van der Waals surface area (Å²) in [6.45, 7) is 1.93. The van der Waals surface area contributed by atoms with Gasteiger partial charge >= 0.3 is 0 Å². The lowest BCUT2D eigenvalue weighted by molar-refractivity contribution is 1.07. The maximum Gasteiger partial charge on any atom is 0.256 e. The Kier molecular flexibility index (Phi) is 2.71. The molecule has 18 heavy (non-hydrogen) atoms. The van der Waals surface area contributed by atoms with E-state index in [1.165, 1.54) is 0 Å². The number of nitrogens with zero attached hydrogens (tertiary/aromatic N) is 4. The van der Waals surface area contributed by atoms with Crippen LogP contribution in [0.1, 0.15) is 5.69 Å². The van der Waals surface area contributed by atoms with Crippen LogP contribution in [0, 0.1) is 6.92 Å². The molecule has 0 aliphatic heterocycles. The van der Waals surface area contributed by atoms with Gasteiger partial charge in [0.2, 0.25) is 0 Å². The van der Waals surface area contributed by atoms with Crippen molar-refractivity contribution in [1.82, 2.24) is 19.6 Å². The third-order valence-corrected chi connectivity index (χ3v) is 3.06. The first-order valence-corrected chi connectivity index (χ1v) is 6.22. The highest BCUT2D eigenvalue weighted by Gasteiger charge is 2.05. The summed E-state index contributed by atoms with van der Waals surface area (Å²) in [6, 6.07) is 9.92. The third-order valence-electron chi connectivity index (χ3n) is 2.53. The van der Waals surface area contributed by atoms with Gasteiger partial charge < -0.3 is 5.32 Å². The van der Waals surface area contributed by atoms with Crippen molar-refractivity contribution in [3.8, 4) is 0 Å². The zero-order chi connectivity index (χ0) is 12.5. The van der Waals surface area contributed by atoms with Gasteiger partial charge in [-0.3, -0.25) is 4.40 Å². The maximum atomic E-state index is 4.29. The van der Waals surface area contributed by atoms with Crippen molar-refractivity contribution in [1.29, 1.82) is 0 Å². The molecular weight excluding hydrogens is 294 g/mol. The molecule has 90 valence electrons. The first-order valence-electron chi connectivity index (χ1n) is 5.42. The number of fused-ring (bicyclic) bond motifs is 1. The van der Waals surface area contributed by atoms with Crippen LogP contribution in [0.2, 0.25) is 0 Å². The molecule has 0 amide bonds. The molecule has 5 nitrogen and oxygen atoms in total. The molecule has 0 fully saturated rings. The molecule has 0 atom stereocenters. The molecule has 1 aromatic carbocycles. The van der Waals surface area contributed by atoms with Gasteiger partial charge in [0.05, 0.1) is 0 Å². The van der Waals surface area contributed by atoms with Crippen molar-refractivity contribution in [3.63, 3.8) is 0 Å². The van der Waals surface area contributed by atoms with Gasteiger partial charge in [-0.25, -0.2) is 4.98 Å². The topological polar surface area (TPSA) is 55.1 Å². The first kappa shape index (κ1) is 11.2. The normalized spacial score (nSPS) is 10.8. The Morgan fingerprint density at radius 3 is 2.78 bits per heavy atom. The molecule has 0 bridgehead atoms. The number of benzene rings is 1. The fourth-order valence-corrected chi connectivity index (χ4v) is 1.97. The number of hydrogen-bond acceptors (Lipinski definition) is 4. The van der Waals surface area contributed by atoms with Gasteiger partial charge in [-0.05, 0) is 31.2 Å². The predicted molar refractivity (Wildman–Crippen MR) is 72.9 cm³/mol. The second-order valence-corrected chi connectivity index (χ2v) is 4.83. The van der Waals surface area contributed by atoms with Crippen LogP contribution in [-0.2, 0) is 0 Å². The van der Waals surface area contributed by atoms with Crippen LogP contribution < -0.4 is 5.32 Å². The van der Waals surface area contributed by atoms with Gasteiger partial charge in [0.25, 0.3) is 5.78 Å². The molecule has 3 rings (SSSR count). The SMILES string of the molecule is Cc1cc(Nc2ccc(Br)cc2)n2cnnc2n1. The predicted octanol–water partition coefficient (Wildman–Crippen LogP) is 2.94. The van der Waals surface area contributed by atoms with E-state index in [-0.39, 0.29) is 0 Å². The van der Waals surface area contributed by atoms with E-state index >= 15 is 0 Å². The van der Waals surface area contributed by atoms with E-state index in [0.29, 0.717) is 5.78 Å². The summed E-state index contributed by atoms with van der Waals surface area (Å²) in [4.78, 5) is 4.29. The Hall–Kier alpha value is -1.95. The molecule has 0 spiro atoms. The van der Waals surface area contributed by atoms with Gasteiger partial charge in [-0.1, -0.05) is 15.9 Å². The molecule has 0 aliphatic carbocycles. The van der Waals surface area contributed by atoms with E-state index in [0.717, 1.165) is 21.7 Å². The van der Waals surface area contributed by atoms with Crippen molar-refractivity contribution < 1.29 is 0 Å². The zero-order valence-electron chi connectivity index (χ0n) is 9.63. The maximum absolute atomic E-state index is 4.29. The van der Waals surface area contributed by atoms with E-state index in [2.05, 4.69) is 36.4 Å². The second kappa shape index (κ2) is 4.38. The Balaban J connectivity index is 2.03. The number of rotatable bonds is 2. The summed E-state index contributed by atoms with van der Waals surface area (Å²) >= 11 is 3.41. The number of anilines is 2. The molecule has 0 saturated carbocycles. The Morgan fingerprint density at radius 2 is 2.00 bits per heavy atom. The van der Waals surface area contributed by atoms with Gasteiger partial charge in [0.15, 0.2) is 0 Å².